The van der Waals surface area contributed by atoms with Gasteiger partial charge >= 0.3 is 5.97 Å². The molecule has 0 radical (unpaired) electrons. The first-order valence-electron chi connectivity index (χ1n) is 5.46. The van der Waals surface area contributed by atoms with Crippen molar-refractivity contribution in [1.29, 1.82) is 0 Å². The number of carbonyl (C=O) groups is 1. The maximum absolute atomic E-state index is 11.2. The molecule has 0 unspecified atom stereocenters. The second kappa shape index (κ2) is 6.16. The zero-order chi connectivity index (χ0) is 12.0. The van der Waals surface area contributed by atoms with Crippen LogP contribution in [0.25, 0.3) is 0 Å². The molecule has 0 spiro atoms. The largest absolute Gasteiger partial charge is 0.497 e. The molecule has 16 heavy (non-hydrogen) atoms. The van der Waals surface area contributed by atoms with E-state index >= 15 is 0 Å². The maximum atomic E-state index is 11.2. The Labute approximate surface area is 96.4 Å². The number of esters is 1. The number of rotatable bonds is 5. The lowest BCUT2D eigenvalue weighted by Gasteiger charge is -2.07. The highest BCUT2D eigenvalue weighted by Crippen LogP contribution is 2.18. The maximum Gasteiger partial charge on any atom is 0.306 e. The van der Waals surface area contributed by atoms with E-state index in [9.17, 15) is 4.79 Å². The van der Waals surface area contributed by atoms with Crippen LogP contribution < -0.4 is 4.74 Å². The van der Waals surface area contributed by atoms with E-state index in [4.69, 9.17) is 9.47 Å². The van der Waals surface area contributed by atoms with Gasteiger partial charge in [0.15, 0.2) is 0 Å². The molecule has 1 aromatic carbocycles. The standard InChI is InChI=1S/C13H18O3/c1-4-16-13(14)8-6-11-5-7-12(15-3)9-10(11)2/h5,7,9H,4,6,8H2,1-3H3. The molecule has 0 aliphatic heterocycles. The van der Waals surface area contributed by atoms with Gasteiger partial charge in [-0.25, -0.2) is 0 Å². The molecule has 0 aromatic heterocycles. The molecule has 0 N–H and O–H groups in total. The summed E-state index contributed by atoms with van der Waals surface area (Å²) in [5.74, 6) is 0.704. The van der Waals surface area contributed by atoms with Crippen LogP contribution in [0.1, 0.15) is 24.5 Å². The molecular weight excluding hydrogens is 204 g/mol. The fourth-order valence-electron chi connectivity index (χ4n) is 1.55. The van der Waals surface area contributed by atoms with Crippen molar-refractivity contribution in [3.8, 4) is 5.75 Å². The minimum Gasteiger partial charge on any atom is -0.497 e. The fourth-order valence-corrected chi connectivity index (χ4v) is 1.55. The number of hydrogen-bond donors (Lipinski definition) is 0. The van der Waals surface area contributed by atoms with Gasteiger partial charge < -0.3 is 9.47 Å². The molecule has 0 bridgehead atoms. The highest BCUT2D eigenvalue weighted by atomic mass is 16.5. The van der Waals surface area contributed by atoms with Crippen LogP contribution in [-0.4, -0.2) is 19.7 Å². The summed E-state index contributed by atoms with van der Waals surface area (Å²) >= 11 is 0. The Kier molecular flexibility index (Phi) is 4.83. The Morgan fingerprint density at radius 1 is 1.38 bits per heavy atom. The molecule has 0 saturated heterocycles. The first-order chi connectivity index (χ1) is 7.67. The van der Waals surface area contributed by atoms with Crippen LogP contribution in [-0.2, 0) is 16.0 Å². The highest BCUT2D eigenvalue weighted by molar-refractivity contribution is 5.69. The minimum atomic E-state index is -0.141. The topological polar surface area (TPSA) is 35.5 Å². The molecule has 3 nitrogen and oxygen atoms in total. The number of hydrogen-bond acceptors (Lipinski definition) is 3. The van der Waals surface area contributed by atoms with Crippen molar-refractivity contribution in [3.05, 3.63) is 29.3 Å². The lowest BCUT2D eigenvalue weighted by molar-refractivity contribution is -0.143. The number of aryl methyl sites for hydroxylation is 2. The molecule has 0 heterocycles. The predicted octanol–water partition coefficient (Wildman–Crippen LogP) is 2.50. The van der Waals surface area contributed by atoms with Gasteiger partial charge in [-0.2, -0.15) is 0 Å². The molecule has 0 aliphatic rings. The SMILES string of the molecule is CCOC(=O)CCc1ccc(OC)cc1C. The van der Waals surface area contributed by atoms with E-state index in [-0.39, 0.29) is 5.97 Å². The summed E-state index contributed by atoms with van der Waals surface area (Å²) in [7, 11) is 1.65. The summed E-state index contributed by atoms with van der Waals surface area (Å²) < 4.78 is 10.0. The van der Waals surface area contributed by atoms with E-state index in [1.165, 1.54) is 0 Å². The summed E-state index contributed by atoms with van der Waals surface area (Å²) in [6, 6.07) is 5.88. The summed E-state index contributed by atoms with van der Waals surface area (Å²) in [6.45, 7) is 4.28. The number of carbonyl (C=O) groups excluding carboxylic acids is 1. The van der Waals surface area contributed by atoms with Gasteiger partial charge in [-0.1, -0.05) is 6.07 Å². The molecule has 88 valence electrons. The summed E-state index contributed by atoms with van der Waals surface area (Å²) in [5, 5.41) is 0. The number of methoxy groups -OCH3 is 1. The zero-order valence-corrected chi connectivity index (χ0v) is 10.1. The van der Waals surface area contributed by atoms with E-state index in [0.717, 1.165) is 16.9 Å². The summed E-state index contributed by atoms with van der Waals surface area (Å²) in [4.78, 5) is 11.2. The van der Waals surface area contributed by atoms with E-state index < -0.39 is 0 Å². The minimum absolute atomic E-state index is 0.141. The predicted molar refractivity (Wildman–Crippen MR) is 62.7 cm³/mol. The molecule has 0 aliphatic carbocycles. The Balaban J connectivity index is 2.57. The van der Waals surface area contributed by atoms with Crippen molar-refractivity contribution < 1.29 is 14.3 Å². The van der Waals surface area contributed by atoms with E-state index in [0.29, 0.717) is 19.4 Å². The van der Waals surface area contributed by atoms with Gasteiger partial charge in [-0.05, 0) is 43.5 Å². The van der Waals surface area contributed by atoms with Crippen molar-refractivity contribution >= 4 is 5.97 Å². The van der Waals surface area contributed by atoms with Crippen LogP contribution in [0, 0.1) is 6.92 Å². The van der Waals surface area contributed by atoms with Crippen LogP contribution >= 0.6 is 0 Å². The van der Waals surface area contributed by atoms with Gasteiger partial charge in [0.05, 0.1) is 13.7 Å². The van der Waals surface area contributed by atoms with Gasteiger partial charge in [-0.3, -0.25) is 4.79 Å². The third-order valence-electron chi connectivity index (χ3n) is 2.45. The smallest absolute Gasteiger partial charge is 0.306 e. The molecule has 0 atom stereocenters. The zero-order valence-electron chi connectivity index (χ0n) is 10.1. The van der Waals surface area contributed by atoms with Gasteiger partial charge in [0.2, 0.25) is 0 Å². The lowest BCUT2D eigenvalue weighted by Crippen LogP contribution is -2.05. The van der Waals surface area contributed by atoms with Crippen LogP contribution in [0.4, 0.5) is 0 Å². The van der Waals surface area contributed by atoms with E-state index in [1.54, 1.807) is 7.11 Å². The Morgan fingerprint density at radius 3 is 2.69 bits per heavy atom. The monoisotopic (exact) mass is 222 g/mol. The van der Waals surface area contributed by atoms with Gasteiger partial charge in [0, 0.05) is 6.42 Å². The van der Waals surface area contributed by atoms with Crippen LogP contribution in [0.5, 0.6) is 5.75 Å². The highest BCUT2D eigenvalue weighted by Gasteiger charge is 2.05. The molecule has 0 saturated carbocycles. The molecule has 0 fully saturated rings. The first kappa shape index (κ1) is 12.6. The molecule has 0 amide bonds. The van der Waals surface area contributed by atoms with Crippen LogP contribution in [0.2, 0.25) is 0 Å². The second-order valence-electron chi connectivity index (χ2n) is 3.60. The van der Waals surface area contributed by atoms with E-state index in [1.807, 2.05) is 32.0 Å². The van der Waals surface area contributed by atoms with Crippen molar-refractivity contribution in [2.75, 3.05) is 13.7 Å². The average Bonchev–Trinajstić information content (AvgIpc) is 2.27. The lowest BCUT2D eigenvalue weighted by atomic mass is 10.0. The second-order valence-corrected chi connectivity index (χ2v) is 3.60. The van der Waals surface area contributed by atoms with Crippen LogP contribution in [0.3, 0.4) is 0 Å². The van der Waals surface area contributed by atoms with E-state index in [2.05, 4.69) is 0 Å². The number of ether oxygens (including phenoxy) is 2. The molecule has 1 rings (SSSR count). The van der Waals surface area contributed by atoms with Crippen molar-refractivity contribution in [2.45, 2.75) is 26.7 Å². The quantitative estimate of drug-likeness (QED) is 0.718. The van der Waals surface area contributed by atoms with Crippen molar-refractivity contribution in [3.63, 3.8) is 0 Å². The third kappa shape index (κ3) is 3.57. The number of benzene rings is 1. The average molecular weight is 222 g/mol. The van der Waals surface area contributed by atoms with Gasteiger partial charge in [0.25, 0.3) is 0 Å². The normalized spacial score (nSPS) is 9.94. The summed E-state index contributed by atoms with van der Waals surface area (Å²) in [5.41, 5.74) is 2.30. The van der Waals surface area contributed by atoms with Crippen molar-refractivity contribution in [1.82, 2.24) is 0 Å². The van der Waals surface area contributed by atoms with Crippen molar-refractivity contribution in [2.24, 2.45) is 0 Å². The van der Waals surface area contributed by atoms with Crippen LogP contribution in [0.15, 0.2) is 18.2 Å². The first-order valence-corrected chi connectivity index (χ1v) is 5.46. The Morgan fingerprint density at radius 2 is 2.12 bits per heavy atom. The fraction of sp³-hybridized carbons (Fsp3) is 0.462. The Hall–Kier alpha value is -1.51. The molecule has 1 aromatic rings. The van der Waals surface area contributed by atoms with Gasteiger partial charge in [0.1, 0.15) is 5.75 Å². The summed E-state index contributed by atoms with van der Waals surface area (Å²) in [6.07, 6.45) is 1.15. The Bertz CT molecular complexity index is 358. The van der Waals surface area contributed by atoms with Gasteiger partial charge in [-0.15, -0.1) is 0 Å². The molecular formula is C13H18O3. The molecule has 3 heteroatoms. The third-order valence-corrected chi connectivity index (χ3v) is 2.45.